The Hall–Kier alpha value is -2.04. The molecule has 0 spiro atoms. The fourth-order valence-corrected chi connectivity index (χ4v) is 1.42. The van der Waals surface area contributed by atoms with Gasteiger partial charge in [-0.05, 0) is 24.6 Å². The molecule has 0 radical (unpaired) electrons. The lowest BCUT2D eigenvalue weighted by Crippen LogP contribution is -2.44. The molecule has 0 saturated carbocycles. The van der Waals surface area contributed by atoms with Crippen LogP contribution >= 0.6 is 0 Å². The molecule has 1 amide bonds. The number of nitrogens with one attached hydrogen (secondary N) is 2. The smallest absolute Gasteiger partial charge is 0.328 e. The summed E-state index contributed by atoms with van der Waals surface area (Å²) in [6.45, 7) is 3.40. The van der Waals surface area contributed by atoms with Crippen molar-refractivity contribution in [1.29, 1.82) is 0 Å². The molecule has 1 rings (SSSR count). The number of carboxylic acid groups (broad SMARTS) is 1. The van der Waals surface area contributed by atoms with Gasteiger partial charge in [-0.3, -0.25) is 4.79 Å². The molecule has 5 nitrogen and oxygen atoms in total. The van der Waals surface area contributed by atoms with Gasteiger partial charge in [0, 0.05) is 19.2 Å². The molecule has 92 valence electrons. The number of amides is 1. The van der Waals surface area contributed by atoms with Gasteiger partial charge in [-0.1, -0.05) is 12.1 Å². The summed E-state index contributed by atoms with van der Waals surface area (Å²) in [4.78, 5) is 21.7. The number of carbonyl (C=O) groups is 2. The van der Waals surface area contributed by atoms with Gasteiger partial charge in [-0.2, -0.15) is 0 Å². The number of hydrogen-bond acceptors (Lipinski definition) is 3. The van der Waals surface area contributed by atoms with Crippen LogP contribution in [0.2, 0.25) is 0 Å². The molecule has 3 N–H and O–H groups in total. The van der Waals surface area contributed by atoms with E-state index in [4.69, 9.17) is 5.11 Å². The maximum Gasteiger partial charge on any atom is 0.328 e. The molecule has 1 aromatic carbocycles. The van der Waals surface area contributed by atoms with Crippen LogP contribution in [0.25, 0.3) is 0 Å². The summed E-state index contributed by atoms with van der Waals surface area (Å²) in [5, 5.41) is 14.2. The van der Waals surface area contributed by atoms with Gasteiger partial charge in [0.25, 0.3) is 0 Å². The first-order valence-corrected chi connectivity index (χ1v) is 5.29. The number of aryl methyl sites for hydroxylation is 1. The summed E-state index contributed by atoms with van der Waals surface area (Å²) in [7, 11) is 0. The molecule has 0 aromatic heterocycles. The molecule has 0 heterocycles. The van der Waals surface area contributed by atoms with E-state index in [1.165, 1.54) is 6.92 Å². The highest BCUT2D eigenvalue weighted by Gasteiger charge is 2.17. The fraction of sp³-hybridized carbons (Fsp3) is 0.333. The predicted molar refractivity (Wildman–Crippen MR) is 64.9 cm³/mol. The Bertz CT molecular complexity index is 418. The van der Waals surface area contributed by atoms with Gasteiger partial charge >= 0.3 is 5.97 Å². The second-order valence-corrected chi connectivity index (χ2v) is 3.84. The Kier molecular flexibility index (Phi) is 4.51. The van der Waals surface area contributed by atoms with Crippen LogP contribution in [0.4, 0.5) is 5.69 Å². The maximum absolute atomic E-state index is 10.9. The highest BCUT2D eigenvalue weighted by molar-refractivity contribution is 5.82. The van der Waals surface area contributed by atoms with Crippen LogP contribution in [0, 0.1) is 6.92 Å². The van der Waals surface area contributed by atoms with Gasteiger partial charge in [0.2, 0.25) is 5.91 Å². The van der Waals surface area contributed by atoms with Crippen molar-refractivity contribution in [3.63, 3.8) is 0 Å². The molecular formula is C12H16N2O3. The van der Waals surface area contributed by atoms with Crippen LogP contribution in [0.1, 0.15) is 12.5 Å². The third kappa shape index (κ3) is 4.55. The van der Waals surface area contributed by atoms with Gasteiger partial charge in [0.15, 0.2) is 0 Å². The topological polar surface area (TPSA) is 78.4 Å². The molecule has 17 heavy (non-hydrogen) atoms. The largest absolute Gasteiger partial charge is 0.480 e. The number of anilines is 1. The average molecular weight is 236 g/mol. The molecule has 0 bridgehead atoms. The second kappa shape index (κ2) is 5.89. The van der Waals surface area contributed by atoms with E-state index in [1.54, 1.807) is 0 Å². The Morgan fingerprint density at radius 2 is 2.12 bits per heavy atom. The molecule has 0 aliphatic heterocycles. The van der Waals surface area contributed by atoms with E-state index in [-0.39, 0.29) is 12.5 Å². The van der Waals surface area contributed by atoms with Gasteiger partial charge in [-0.15, -0.1) is 0 Å². The third-order valence-corrected chi connectivity index (χ3v) is 2.20. The average Bonchev–Trinajstić information content (AvgIpc) is 2.23. The standard InChI is InChI=1S/C12H16N2O3/c1-8-4-3-5-10(6-8)13-7-11(12(16)17)14-9(2)15/h3-6,11,13H,7H2,1-2H3,(H,14,15)(H,16,17). The molecule has 0 aliphatic carbocycles. The van der Waals surface area contributed by atoms with E-state index in [1.807, 2.05) is 31.2 Å². The first-order valence-electron chi connectivity index (χ1n) is 5.29. The molecule has 0 saturated heterocycles. The summed E-state index contributed by atoms with van der Waals surface area (Å²) in [5.41, 5.74) is 1.92. The second-order valence-electron chi connectivity index (χ2n) is 3.84. The van der Waals surface area contributed by atoms with Crippen molar-refractivity contribution >= 4 is 17.6 Å². The molecule has 5 heteroatoms. The van der Waals surface area contributed by atoms with Crippen LogP contribution in [0.15, 0.2) is 24.3 Å². The maximum atomic E-state index is 10.9. The van der Waals surface area contributed by atoms with Crippen molar-refractivity contribution in [2.24, 2.45) is 0 Å². The summed E-state index contributed by atoms with van der Waals surface area (Å²) < 4.78 is 0. The zero-order valence-electron chi connectivity index (χ0n) is 9.86. The lowest BCUT2D eigenvalue weighted by atomic mass is 10.2. The summed E-state index contributed by atoms with van der Waals surface area (Å²) in [6.07, 6.45) is 0. The lowest BCUT2D eigenvalue weighted by Gasteiger charge is -2.15. The molecule has 0 aliphatic rings. The SMILES string of the molecule is CC(=O)NC(CNc1cccc(C)c1)C(=O)O. The first-order chi connectivity index (χ1) is 7.99. The Labute approximate surface area is 99.8 Å². The zero-order valence-corrected chi connectivity index (χ0v) is 9.86. The van der Waals surface area contributed by atoms with E-state index in [9.17, 15) is 9.59 Å². The van der Waals surface area contributed by atoms with E-state index in [0.29, 0.717) is 0 Å². The molecule has 1 aromatic rings. The van der Waals surface area contributed by atoms with Crippen molar-refractivity contribution in [3.8, 4) is 0 Å². The number of carbonyl (C=O) groups excluding carboxylic acids is 1. The van der Waals surface area contributed by atoms with Gasteiger partial charge in [0.1, 0.15) is 6.04 Å². The van der Waals surface area contributed by atoms with E-state index < -0.39 is 12.0 Å². The minimum atomic E-state index is -1.06. The molecule has 1 atom stereocenters. The van der Waals surface area contributed by atoms with E-state index in [0.717, 1.165) is 11.3 Å². The lowest BCUT2D eigenvalue weighted by molar-refractivity contribution is -0.141. The van der Waals surface area contributed by atoms with Gasteiger partial charge < -0.3 is 15.7 Å². The van der Waals surface area contributed by atoms with Crippen molar-refractivity contribution in [1.82, 2.24) is 5.32 Å². The Balaban J connectivity index is 2.57. The quantitative estimate of drug-likeness (QED) is 0.712. The first kappa shape index (κ1) is 13.0. The molecule has 1 unspecified atom stereocenters. The van der Waals surface area contributed by atoms with Crippen LogP contribution in [0.5, 0.6) is 0 Å². The van der Waals surface area contributed by atoms with Crippen LogP contribution in [-0.4, -0.2) is 29.6 Å². The van der Waals surface area contributed by atoms with Gasteiger partial charge in [0.05, 0.1) is 0 Å². The van der Waals surface area contributed by atoms with Gasteiger partial charge in [-0.25, -0.2) is 4.79 Å². The fourth-order valence-electron chi connectivity index (χ4n) is 1.42. The summed E-state index contributed by atoms with van der Waals surface area (Å²) in [5.74, 6) is -1.41. The number of benzene rings is 1. The number of rotatable bonds is 5. The number of aliphatic carboxylic acids is 1. The van der Waals surface area contributed by atoms with Crippen LogP contribution in [-0.2, 0) is 9.59 Å². The minimum Gasteiger partial charge on any atom is -0.480 e. The van der Waals surface area contributed by atoms with Crippen LogP contribution < -0.4 is 10.6 Å². The molecular weight excluding hydrogens is 220 g/mol. The molecule has 0 fully saturated rings. The summed E-state index contributed by atoms with van der Waals surface area (Å²) in [6, 6.07) is 6.67. The van der Waals surface area contributed by atoms with Crippen molar-refractivity contribution in [2.75, 3.05) is 11.9 Å². The predicted octanol–water partition coefficient (Wildman–Crippen LogP) is 0.996. The number of carboxylic acids is 1. The van der Waals surface area contributed by atoms with Crippen molar-refractivity contribution in [2.45, 2.75) is 19.9 Å². The third-order valence-electron chi connectivity index (χ3n) is 2.20. The van der Waals surface area contributed by atoms with E-state index >= 15 is 0 Å². The zero-order chi connectivity index (χ0) is 12.8. The van der Waals surface area contributed by atoms with Crippen LogP contribution in [0.3, 0.4) is 0 Å². The highest BCUT2D eigenvalue weighted by atomic mass is 16.4. The number of hydrogen-bond donors (Lipinski definition) is 3. The van der Waals surface area contributed by atoms with Crippen molar-refractivity contribution in [3.05, 3.63) is 29.8 Å². The Morgan fingerprint density at radius 1 is 1.41 bits per heavy atom. The monoisotopic (exact) mass is 236 g/mol. The normalized spacial score (nSPS) is 11.6. The minimum absolute atomic E-state index is 0.151. The Morgan fingerprint density at radius 3 is 2.65 bits per heavy atom. The summed E-state index contributed by atoms with van der Waals surface area (Å²) >= 11 is 0. The van der Waals surface area contributed by atoms with E-state index in [2.05, 4.69) is 10.6 Å². The highest BCUT2D eigenvalue weighted by Crippen LogP contribution is 2.09. The van der Waals surface area contributed by atoms with Crippen molar-refractivity contribution < 1.29 is 14.7 Å².